The molecule has 1 heterocycles. The highest BCUT2D eigenvalue weighted by molar-refractivity contribution is 5.80. The summed E-state index contributed by atoms with van der Waals surface area (Å²) in [7, 11) is 0. The van der Waals surface area contributed by atoms with Gasteiger partial charge in [-0.05, 0) is 45.2 Å². The molecule has 0 spiro atoms. The summed E-state index contributed by atoms with van der Waals surface area (Å²) in [5.41, 5.74) is 1.23. The van der Waals surface area contributed by atoms with Crippen molar-refractivity contribution in [3.63, 3.8) is 0 Å². The fourth-order valence-corrected chi connectivity index (χ4v) is 3.99. The number of nitrogens with one attached hydrogen (secondary N) is 1. The van der Waals surface area contributed by atoms with Crippen LogP contribution in [-0.4, -0.2) is 36.7 Å². The molecule has 1 aromatic carbocycles. The quantitative estimate of drug-likeness (QED) is 0.898. The molecule has 1 saturated carbocycles. The molecule has 4 heteroatoms. The normalized spacial score (nSPS) is 26.3. The number of hydrogen-bond acceptors (Lipinski definition) is 3. The Labute approximate surface area is 145 Å². The van der Waals surface area contributed by atoms with Crippen molar-refractivity contribution >= 4 is 11.6 Å². The van der Waals surface area contributed by atoms with Gasteiger partial charge in [-0.25, -0.2) is 0 Å². The number of carbonyl (C=O) groups excluding carboxylic acids is 1. The molecule has 2 aliphatic rings. The number of nitrogens with zero attached hydrogens (tertiary/aromatic N) is 1. The average molecular weight is 330 g/mol. The first-order valence-corrected chi connectivity index (χ1v) is 9.41. The molecule has 132 valence electrons. The number of para-hydroxylation sites is 1. The molecule has 1 aliphatic heterocycles. The smallest absolute Gasteiger partial charge is 0.249 e. The van der Waals surface area contributed by atoms with E-state index < -0.39 is 0 Å². The number of benzene rings is 1. The van der Waals surface area contributed by atoms with Crippen LogP contribution >= 0.6 is 0 Å². The molecule has 1 amide bonds. The molecular formula is C20H30N2O2. The van der Waals surface area contributed by atoms with Crippen LogP contribution in [0.4, 0.5) is 5.69 Å². The lowest BCUT2D eigenvalue weighted by Gasteiger charge is -2.26. The molecule has 0 bridgehead atoms. The van der Waals surface area contributed by atoms with Gasteiger partial charge in [0.15, 0.2) is 0 Å². The van der Waals surface area contributed by atoms with Crippen molar-refractivity contribution in [2.24, 2.45) is 0 Å². The maximum Gasteiger partial charge on any atom is 0.249 e. The van der Waals surface area contributed by atoms with Crippen molar-refractivity contribution < 1.29 is 9.53 Å². The van der Waals surface area contributed by atoms with Crippen molar-refractivity contribution in [1.29, 1.82) is 0 Å². The third kappa shape index (κ3) is 4.29. The monoisotopic (exact) mass is 330 g/mol. The zero-order valence-corrected chi connectivity index (χ0v) is 14.9. The molecule has 0 aromatic heterocycles. The van der Waals surface area contributed by atoms with Gasteiger partial charge in [-0.15, -0.1) is 0 Å². The fourth-order valence-electron chi connectivity index (χ4n) is 3.99. The van der Waals surface area contributed by atoms with Gasteiger partial charge in [0.25, 0.3) is 0 Å². The number of anilines is 1. The third-order valence-corrected chi connectivity index (χ3v) is 5.33. The van der Waals surface area contributed by atoms with Gasteiger partial charge in [0, 0.05) is 24.3 Å². The van der Waals surface area contributed by atoms with E-state index in [0.29, 0.717) is 6.04 Å². The van der Waals surface area contributed by atoms with E-state index in [0.717, 1.165) is 25.8 Å². The zero-order valence-electron chi connectivity index (χ0n) is 14.9. The zero-order chi connectivity index (χ0) is 16.9. The number of ether oxygens (including phenoxy) is 1. The van der Waals surface area contributed by atoms with E-state index in [1.165, 1.54) is 24.9 Å². The molecule has 1 aliphatic carbocycles. The van der Waals surface area contributed by atoms with Crippen molar-refractivity contribution in [2.45, 2.75) is 76.7 Å². The molecule has 4 nitrogen and oxygen atoms in total. The Morgan fingerprint density at radius 3 is 2.62 bits per heavy atom. The molecule has 1 aromatic rings. The van der Waals surface area contributed by atoms with E-state index in [-0.39, 0.29) is 24.2 Å². The Bertz CT molecular complexity index is 528. The average Bonchev–Trinajstić information content (AvgIpc) is 2.97. The highest BCUT2D eigenvalue weighted by Gasteiger charge is 2.31. The minimum absolute atomic E-state index is 0.0349. The molecule has 3 rings (SSSR count). The van der Waals surface area contributed by atoms with Gasteiger partial charge in [0.1, 0.15) is 6.10 Å². The second kappa shape index (κ2) is 8.02. The number of rotatable bonds is 5. The van der Waals surface area contributed by atoms with Crippen molar-refractivity contribution in [3.05, 3.63) is 30.3 Å². The van der Waals surface area contributed by atoms with Crippen molar-refractivity contribution in [3.8, 4) is 0 Å². The van der Waals surface area contributed by atoms with Crippen LogP contribution in [-0.2, 0) is 9.53 Å². The number of amides is 1. The van der Waals surface area contributed by atoms with E-state index in [4.69, 9.17) is 4.74 Å². The Kier molecular flexibility index (Phi) is 5.77. The summed E-state index contributed by atoms with van der Waals surface area (Å²) >= 11 is 0. The summed E-state index contributed by atoms with van der Waals surface area (Å²) < 4.78 is 5.98. The van der Waals surface area contributed by atoms with Crippen LogP contribution in [0.5, 0.6) is 0 Å². The Morgan fingerprint density at radius 1 is 1.21 bits per heavy atom. The first-order chi connectivity index (χ1) is 11.6. The van der Waals surface area contributed by atoms with Gasteiger partial charge >= 0.3 is 0 Å². The van der Waals surface area contributed by atoms with Crippen LogP contribution in [0.15, 0.2) is 30.3 Å². The lowest BCUT2D eigenvalue weighted by molar-refractivity contribution is -0.137. The molecule has 24 heavy (non-hydrogen) atoms. The van der Waals surface area contributed by atoms with Gasteiger partial charge in [-0.1, -0.05) is 37.5 Å². The van der Waals surface area contributed by atoms with Gasteiger partial charge in [-0.3, -0.25) is 4.79 Å². The molecule has 2 fully saturated rings. The summed E-state index contributed by atoms with van der Waals surface area (Å²) in [6, 6.07) is 11.1. The lowest BCUT2D eigenvalue weighted by atomic mass is 9.97. The number of hydrogen-bond donors (Lipinski definition) is 1. The highest BCUT2D eigenvalue weighted by Crippen LogP contribution is 2.25. The SMILES string of the molecule is C[C@H](OC1CCCCC1)C(=O)N[C@H]1C[C@@H](C)N(c2ccccc2)C1. The van der Waals surface area contributed by atoms with Crippen LogP contribution in [0.1, 0.15) is 52.4 Å². The summed E-state index contributed by atoms with van der Waals surface area (Å²) in [4.78, 5) is 14.8. The first kappa shape index (κ1) is 17.3. The van der Waals surface area contributed by atoms with Crippen molar-refractivity contribution in [2.75, 3.05) is 11.4 Å². The molecule has 0 unspecified atom stereocenters. The highest BCUT2D eigenvalue weighted by atomic mass is 16.5. The molecule has 1 N–H and O–H groups in total. The van der Waals surface area contributed by atoms with Gasteiger partial charge < -0.3 is 15.0 Å². The van der Waals surface area contributed by atoms with Gasteiger partial charge in [0.2, 0.25) is 5.91 Å². The summed E-state index contributed by atoms with van der Waals surface area (Å²) in [5.74, 6) is 0.0349. The second-order valence-electron chi connectivity index (χ2n) is 7.32. The lowest BCUT2D eigenvalue weighted by Crippen LogP contribution is -2.43. The Morgan fingerprint density at radius 2 is 1.92 bits per heavy atom. The van der Waals surface area contributed by atoms with E-state index >= 15 is 0 Å². The topological polar surface area (TPSA) is 41.6 Å². The minimum Gasteiger partial charge on any atom is -0.367 e. The third-order valence-electron chi connectivity index (χ3n) is 5.33. The van der Waals surface area contributed by atoms with Crippen LogP contribution in [0.3, 0.4) is 0 Å². The number of carbonyl (C=O) groups is 1. The predicted molar refractivity (Wildman–Crippen MR) is 97.2 cm³/mol. The second-order valence-corrected chi connectivity index (χ2v) is 7.32. The summed E-state index contributed by atoms with van der Waals surface area (Å²) in [5, 5.41) is 3.19. The Balaban J connectivity index is 1.49. The van der Waals surface area contributed by atoms with Crippen LogP contribution < -0.4 is 10.2 Å². The standard InChI is InChI=1S/C20H30N2O2/c1-15-13-17(14-22(15)18-9-5-3-6-10-18)21-20(23)16(2)24-19-11-7-4-8-12-19/h3,5-6,9-10,15-17,19H,4,7-8,11-14H2,1-2H3,(H,21,23)/t15-,16+,17+/m1/s1. The van der Waals surface area contributed by atoms with Crippen LogP contribution in [0, 0.1) is 0 Å². The van der Waals surface area contributed by atoms with Crippen molar-refractivity contribution in [1.82, 2.24) is 5.32 Å². The van der Waals surface area contributed by atoms with Gasteiger partial charge in [0.05, 0.1) is 6.10 Å². The summed E-state index contributed by atoms with van der Waals surface area (Å²) in [6.45, 7) is 4.98. The van der Waals surface area contributed by atoms with E-state index in [1.807, 2.05) is 13.0 Å². The van der Waals surface area contributed by atoms with E-state index in [9.17, 15) is 4.79 Å². The Hall–Kier alpha value is -1.55. The maximum absolute atomic E-state index is 12.5. The molecule has 1 saturated heterocycles. The van der Waals surface area contributed by atoms with E-state index in [1.54, 1.807) is 0 Å². The predicted octanol–water partition coefficient (Wildman–Crippen LogP) is 3.51. The van der Waals surface area contributed by atoms with Gasteiger partial charge in [-0.2, -0.15) is 0 Å². The largest absolute Gasteiger partial charge is 0.367 e. The fraction of sp³-hybridized carbons (Fsp3) is 0.650. The molecular weight excluding hydrogens is 300 g/mol. The van der Waals surface area contributed by atoms with E-state index in [2.05, 4.69) is 41.4 Å². The first-order valence-electron chi connectivity index (χ1n) is 9.41. The summed E-state index contributed by atoms with van der Waals surface area (Å²) in [6.07, 6.45) is 6.85. The molecule has 3 atom stereocenters. The maximum atomic E-state index is 12.5. The van der Waals surface area contributed by atoms with Crippen LogP contribution in [0.25, 0.3) is 0 Å². The minimum atomic E-state index is -0.353. The van der Waals surface area contributed by atoms with Crippen LogP contribution in [0.2, 0.25) is 0 Å². The molecule has 0 radical (unpaired) electrons.